The highest BCUT2D eigenvalue weighted by Crippen LogP contribution is 2.36. The number of halogens is 3. The minimum Gasteiger partial charge on any atom is -0.324 e. The lowest BCUT2D eigenvalue weighted by Crippen LogP contribution is -2.36. The van der Waals surface area contributed by atoms with Crippen molar-refractivity contribution >= 4 is 23.5 Å². The smallest absolute Gasteiger partial charge is 0.324 e. The molecule has 1 aliphatic rings. The fraction of sp³-hybridized carbons (Fsp3) is 0.350. The summed E-state index contributed by atoms with van der Waals surface area (Å²) in [5.41, 5.74) is 2.18. The van der Waals surface area contributed by atoms with E-state index in [1.54, 1.807) is 4.90 Å². The van der Waals surface area contributed by atoms with Crippen molar-refractivity contribution in [1.82, 2.24) is 4.90 Å². The number of urea groups is 1. The molecule has 1 fully saturated rings. The van der Waals surface area contributed by atoms with Gasteiger partial charge in [-0.25, -0.2) is 4.79 Å². The van der Waals surface area contributed by atoms with Gasteiger partial charge < -0.3 is 10.2 Å². The van der Waals surface area contributed by atoms with Gasteiger partial charge in [-0.05, 0) is 48.7 Å². The summed E-state index contributed by atoms with van der Waals surface area (Å²) in [6.45, 7) is 3.31. The first-order valence-electron chi connectivity index (χ1n) is 8.75. The highest BCUT2D eigenvalue weighted by Gasteiger charge is 2.30. The molecular formula is C20H21F3N2OS. The largest absolute Gasteiger partial charge is 0.416 e. The second-order valence-corrected chi connectivity index (χ2v) is 7.81. The molecular weight excluding hydrogens is 373 g/mol. The maximum atomic E-state index is 12.6. The van der Waals surface area contributed by atoms with Crippen LogP contribution in [0.1, 0.15) is 28.4 Å². The van der Waals surface area contributed by atoms with Crippen LogP contribution in [0.15, 0.2) is 48.5 Å². The zero-order valence-corrected chi connectivity index (χ0v) is 15.7. The molecule has 27 heavy (non-hydrogen) atoms. The van der Waals surface area contributed by atoms with Crippen LogP contribution in [0.3, 0.4) is 0 Å². The van der Waals surface area contributed by atoms with Crippen LogP contribution in [0.5, 0.6) is 0 Å². The predicted octanol–water partition coefficient (Wildman–Crippen LogP) is 5.73. The van der Waals surface area contributed by atoms with Crippen LogP contribution in [-0.2, 0) is 6.18 Å². The lowest BCUT2D eigenvalue weighted by atomic mass is 10.0. The maximum Gasteiger partial charge on any atom is 0.416 e. The van der Waals surface area contributed by atoms with Gasteiger partial charge in [0.1, 0.15) is 0 Å². The van der Waals surface area contributed by atoms with Gasteiger partial charge in [0.05, 0.1) is 5.56 Å². The molecule has 0 radical (unpaired) electrons. The van der Waals surface area contributed by atoms with E-state index < -0.39 is 11.7 Å². The topological polar surface area (TPSA) is 32.3 Å². The molecule has 0 bridgehead atoms. The number of carbonyl (C=O) groups excluding carboxylic acids is 1. The third kappa shape index (κ3) is 4.97. The number of carbonyl (C=O) groups is 1. The molecule has 1 heterocycles. The van der Waals surface area contributed by atoms with Gasteiger partial charge in [-0.2, -0.15) is 24.9 Å². The number of aryl methyl sites for hydroxylation is 1. The first-order chi connectivity index (χ1) is 12.8. The standard InChI is InChI=1S/C20H21F3N2OS/c1-14-4-2-3-5-17(14)18-10-11-25(12-13-27-18)19(26)24-16-8-6-15(7-9-16)20(21,22)23/h2-9,18H,10-13H2,1H3,(H,24,26). The molecule has 1 saturated heterocycles. The van der Waals surface area contributed by atoms with Crippen LogP contribution in [0, 0.1) is 6.92 Å². The first-order valence-corrected chi connectivity index (χ1v) is 9.80. The third-order valence-corrected chi connectivity index (χ3v) is 5.94. The number of thioether (sulfide) groups is 1. The van der Waals surface area contributed by atoms with E-state index in [1.165, 1.54) is 23.3 Å². The van der Waals surface area contributed by atoms with Gasteiger partial charge in [0.15, 0.2) is 0 Å². The average molecular weight is 394 g/mol. The van der Waals surface area contributed by atoms with Crippen LogP contribution < -0.4 is 5.32 Å². The molecule has 3 nitrogen and oxygen atoms in total. The summed E-state index contributed by atoms with van der Waals surface area (Å²) in [6.07, 6.45) is -3.54. The lowest BCUT2D eigenvalue weighted by Gasteiger charge is -2.21. The van der Waals surface area contributed by atoms with E-state index >= 15 is 0 Å². The molecule has 2 aromatic rings. The van der Waals surface area contributed by atoms with Crippen molar-refractivity contribution in [2.24, 2.45) is 0 Å². The fourth-order valence-corrected chi connectivity index (χ4v) is 4.44. The number of nitrogens with zero attached hydrogens (tertiary/aromatic N) is 1. The fourth-order valence-electron chi connectivity index (χ4n) is 3.11. The van der Waals surface area contributed by atoms with Crippen LogP contribution in [0.25, 0.3) is 0 Å². The van der Waals surface area contributed by atoms with Crippen LogP contribution >= 0.6 is 11.8 Å². The number of anilines is 1. The normalized spacial score (nSPS) is 18.1. The Labute approximate surface area is 160 Å². The Balaban J connectivity index is 1.60. The second-order valence-electron chi connectivity index (χ2n) is 6.50. The molecule has 7 heteroatoms. The summed E-state index contributed by atoms with van der Waals surface area (Å²) >= 11 is 1.84. The molecule has 2 aromatic carbocycles. The number of rotatable bonds is 2. The summed E-state index contributed by atoms with van der Waals surface area (Å²) in [5.74, 6) is 0.819. The minimum atomic E-state index is -4.38. The van der Waals surface area contributed by atoms with Crippen LogP contribution in [-0.4, -0.2) is 29.8 Å². The van der Waals surface area contributed by atoms with E-state index in [2.05, 4.69) is 24.4 Å². The molecule has 1 aliphatic heterocycles. The van der Waals surface area contributed by atoms with Gasteiger partial charge in [0.25, 0.3) is 0 Å². The van der Waals surface area contributed by atoms with E-state index in [0.29, 0.717) is 24.0 Å². The monoisotopic (exact) mass is 394 g/mol. The van der Waals surface area contributed by atoms with Crippen molar-refractivity contribution in [3.05, 3.63) is 65.2 Å². The predicted molar refractivity (Wildman–Crippen MR) is 103 cm³/mol. The molecule has 3 rings (SSSR count). The number of hydrogen-bond acceptors (Lipinski definition) is 2. The van der Waals surface area contributed by atoms with Gasteiger partial charge >= 0.3 is 12.2 Å². The van der Waals surface area contributed by atoms with Crippen molar-refractivity contribution in [3.8, 4) is 0 Å². The van der Waals surface area contributed by atoms with E-state index in [4.69, 9.17) is 0 Å². The molecule has 144 valence electrons. The van der Waals surface area contributed by atoms with Gasteiger partial charge in [-0.1, -0.05) is 24.3 Å². The van der Waals surface area contributed by atoms with E-state index in [-0.39, 0.29) is 6.03 Å². The van der Waals surface area contributed by atoms with Crippen molar-refractivity contribution < 1.29 is 18.0 Å². The van der Waals surface area contributed by atoms with Gasteiger partial charge in [0.2, 0.25) is 0 Å². The van der Waals surface area contributed by atoms with Crippen molar-refractivity contribution in [1.29, 1.82) is 0 Å². The summed E-state index contributed by atoms with van der Waals surface area (Å²) < 4.78 is 37.9. The highest BCUT2D eigenvalue weighted by molar-refractivity contribution is 7.99. The summed E-state index contributed by atoms with van der Waals surface area (Å²) in [5, 5.41) is 3.04. The van der Waals surface area contributed by atoms with E-state index in [1.807, 2.05) is 23.9 Å². The number of amides is 2. The van der Waals surface area contributed by atoms with Gasteiger partial charge in [0, 0.05) is 29.8 Å². The molecule has 0 aromatic heterocycles. The van der Waals surface area contributed by atoms with Gasteiger partial charge in [-0.15, -0.1) is 0 Å². The van der Waals surface area contributed by atoms with Gasteiger partial charge in [-0.3, -0.25) is 0 Å². The minimum absolute atomic E-state index is 0.277. The SMILES string of the molecule is Cc1ccccc1C1CCN(C(=O)Nc2ccc(C(F)(F)F)cc2)CCS1. The second kappa shape index (κ2) is 8.25. The number of hydrogen-bond donors (Lipinski definition) is 1. The highest BCUT2D eigenvalue weighted by atomic mass is 32.2. The Kier molecular flexibility index (Phi) is 5.99. The summed E-state index contributed by atoms with van der Waals surface area (Å²) in [6, 6.07) is 12.5. The molecule has 2 amide bonds. The third-order valence-electron chi connectivity index (χ3n) is 4.63. The van der Waals surface area contributed by atoms with E-state index in [9.17, 15) is 18.0 Å². The molecule has 0 saturated carbocycles. The zero-order chi connectivity index (χ0) is 19.4. The summed E-state index contributed by atoms with van der Waals surface area (Å²) in [4.78, 5) is 14.2. The lowest BCUT2D eigenvalue weighted by molar-refractivity contribution is -0.137. The number of benzene rings is 2. The molecule has 1 unspecified atom stereocenters. The molecule has 0 spiro atoms. The number of nitrogens with one attached hydrogen (secondary N) is 1. The average Bonchev–Trinajstić information content (AvgIpc) is 2.88. The van der Waals surface area contributed by atoms with Crippen molar-refractivity contribution in [2.45, 2.75) is 24.8 Å². The Hall–Kier alpha value is -2.15. The van der Waals surface area contributed by atoms with E-state index in [0.717, 1.165) is 24.3 Å². The molecule has 1 N–H and O–H groups in total. The number of alkyl halides is 3. The van der Waals surface area contributed by atoms with Crippen molar-refractivity contribution in [3.63, 3.8) is 0 Å². The quantitative estimate of drug-likeness (QED) is 0.706. The Morgan fingerprint density at radius 2 is 1.81 bits per heavy atom. The molecule has 0 aliphatic carbocycles. The summed E-state index contributed by atoms with van der Waals surface area (Å²) in [7, 11) is 0. The first kappa shape index (κ1) is 19.6. The Bertz CT molecular complexity index is 793. The van der Waals surface area contributed by atoms with Crippen molar-refractivity contribution in [2.75, 3.05) is 24.2 Å². The molecule has 1 atom stereocenters. The Morgan fingerprint density at radius 1 is 1.11 bits per heavy atom. The maximum absolute atomic E-state index is 12.6. The zero-order valence-electron chi connectivity index (χ0n) is 14.9. The Morgan fingerprint density at radius 3 is 2.48 bits per heavy atom. The van der Waals surface area contributed by atoms with Crippen LogP contribution in [0.4, 0.5) is 23.7 Å². The van der Waals surface area contributed by atoms with Crippen LogP contribution in [0.2, 0.25) is 0 Å².